The van der Waals surface area contributed by atoms with E-state index in [2.05, 4.69) is 0 Å². The Balaban J connectivity index is 2.23. The maximum Gasteiger partial charge on any atom is 0.115 e. The van der Waals surface area contributed by atoms with Gasteiger partial charge in [-0.15, -0.1) is 0 Å². The number of aliphatic hydroxyl groups excluding tert-OH is 1. The van der Waals surface area contributed by atoms with Crippen LogP contribution in [0.4, 0.5) is 0 Å². The molecule has 0 aromatic heterocycles. The van der Waals surface area contributed by atoms with Crippen molar-refractivity contribution >= 4 is 6.08 Å². The van der Waals surface area contributed by atoms with Crippen molar-refractivity contribution < 1.29 is 10.2 Å². The van der Waals surface area contributed by atoms with Gasteiger partial charge < -0.3 is 10.2 Å². The van der Waals surface area contributed by atoms with E-state index in [1.807, 2.05) is 42.5 Å². The van der Waals surface area contributed by atoms with Gasteiger partial charge in [-0.1, -0.05) is 48.6 Å². The summed E-state index contributed by atoms with van der Waals surface area (Å²) in [4.78, 5) is 0. The fourth-order valence-corrected chi connectivity index (χ4v) is 1.63. The Morgan fingerprint density at radius 2 is 1.35 bits per heavy atom. The van der Waals surface area contributed by atoms with E-state index < -0.39 is 0 Å². The third-order valence-corrected chi connectivity index (χ3v) is 2.53. The van der Waals surface area contributed by atoms with Gasteiger partial charge in [-0.3, -0.25) is 0 Å². The average molecular weight is 226 g/mol. The fraction of sp³-hybridized carbons (Fsp3) is 0.0667. The first-order chi connectivity index (χ1) is 8.29. The summed E-state index contributed by atoms with van der Waals surface area (Å²) in [7, 11) is 0. The Kier molecular flexibility index (Phi) is 3.58. The number of aliphatic hydroxyl groups is 1. The highest BCUT2D eigenvalue weighted by Crippen LogP contribution is 2.22. The molecule has 2 rings (SSSR count). The van der Waals surface area contributed by atoms with E-state index in [1.54, 1.807) is 18.2 Å². The molecular formula is C15H14O2. The molecular weight excluding hydrogens is 212 g/mol. The fourth-order valence-electron chi connectivity index (χ4n) is 1.63. The molecule has 2 N–H and O–H groups in total. The molecule has 0 aliphatic heterocycles. The van der Waals surface area contributed by atoms with Crippen molar-refractivity contribution in [2.45, 2.75) is 0 Å². The van der Waals surface area contributed by atoms with Gasteiger partial charge in [-0.05, 0) is 28.8 Å². The normalized spacial score (nSPS) is 10.9. The van der Waals surface area contributed by atoms with Crippen molar-refractivity contribution in [2.24, 2.45) is 0 Å². The van der Waals surface area contributed by atoms with Crippen LogP contribution in [0.15, 0.2) is 54.6 Å². The van der Waals surface area contributed by atoms with E-state index in [1.165, 1.54) is 0 Å². The zero-order valence-electron chi connectivity index (χ0n) is 9.38. The number of rotatable bonds is 3. The van der Waals surface area contributed by atoms with Crippen molar-refractivity contribution in [3.8, 4) is 16.9 Å². The molecule has 0 bridgehead atoms. The molecule has 0 heterocycles. The second-order valence-electron chi connectivity index (χ2n) is 3.75. The average Bonchev–Trinajstić information content (AvgIpc) is 2.38. The van der Waals surface area contributed by atoms with Gasteiger partial charge in [0, 0.05) is 0 Å². The third-order valence-electron chi connectivity index (χ3n) is 2.53. The van der Waals surface area contributed by atoms with Gasteiger partial charge in [0.25, 0.3) is 0 Å². The highest BCUT2D eigenvalue weighted by molar-refractivity contribution is 5.66. The molecule has 2 aromatic carbocycles. The quantitative estimate of drug-likeness (QED) is 0.844. The lowest BCUT2D eigenvalue weighted by Crippen LogP contribution is -1.79. The highest BCUT2D eigenvalue weighted by atomic mass is 16.3. The minimum Gasteiger partial charge on any atom is -0.508 e. The first-order valence-corrected chi connectivity index (χ1v) is 5.46. The van der Waals surface area contributed by atoms with Crippen LogP contribution in [0.5, 0.6) is 5.75 Å². The molecule has 86 valence electrons. The monoisotopic (exact) mass is 226 g/mol. The van der Waals surface area contributed by atoms with Crippen LogP contribution in [0, 0.1) is 0 Å². The van der Waals surface area contributed by atoms with Gasteiger partial charge in [0.15, 0.2) is 0 Å². The number of hydrogen-bond donors (Lipinski definition) is 2. The number of aromatic hydroxyl groups is 1. The molecule has 0 saturated heterocycles. The highest BCUT2D eigenvalue weighted by Gasteiger charge is 1.97. The first-order valence-electron chi connectivity index (χ1n) is 5.46. The molecule has 0 fully saturated rings. The molecule has 0 radical (unpaired) electrons. The van der Waals surface area contributed by atoms with Crippen molar-refractivity contribution in [1.29, 1.82) is 0 Å². The summed E-state index contributed by atoms with van der Waals surface area (Å²) in [6.45, 7) is 0.0553. The van der Waals surface area contributed by atoms with E-state index in [4.69, 9.17) is 5.11 Å². The number of benzene rings is 2. The van der Waals surface area contributed by atoms with Crippen LogP contribution in [-0.4, -0.2) is 16.8 Å². The summed E-state index contributed by atoms with van der Waals surface area (Å²) < 4.78 is 0. The Hall–Kier alpha value is -2.06. The van der Waals surface area contributed by atoms with Gasteiger partial charge in [0.2, 0.25) is 0 Å². The van der Waals surface area contributed by atoms with Crippen molar-refractivity contribution in [3.05, 3.63) is 60.2 Å². The van der Waals surface area contributed by atoms with Gasteiger partial charge in [-0.2, -0.15) is 0 Å². The van der Waals surface area contributed by atoms with E-state index in [0.717, 1.165) is 16.7 Å². The Labute approximate surface area is 100 Å². The molecule has 0 aliphatic rings. The summed E-state index contributed by atoms with van der Waals surface area (Å²) in [5.41, 5.74) is 3.23. The number of phenols is 1. The van der Waals surface area contributed by atoms with Crippen LogP contribution < -0.4 is 0 Å². The smallest absolute Gasteiger partial charge is 0.115 e. The van der Waals surface area contributed by atoms with E-state index in [0.29, 0.717) is 0 Å². The molecule has 0 amide bonds. The Morgan fingerprint density at radius 1 is 0.824 bits per heavy atom. The molecule has 2 heteroatoms. The lowest BCUT2D eigenvalue weighted by atomic mass is 10.0. The predicted molar refractivity (Wildman–Crippen MR) is 69.7 cm³/mol. The lowest BCUT2D eigenvalue weighted by Gasteiger charge is -2.02. The van der Waals surface area contributed by atoms with Crippen molar-refractivity contribution in [3.63, 3.8) is 0 Å². The van der Waals surface area contributed by atoms with Crippen LogP contribution in [0.2, 0.25) is 0 Å². The SMILES string of the molecule is OC/C=C/c1ccc(-c2ccc(O)cc2)cc1. The van der Waals surface area contributed by atoms with Gasteiger partial charge in [0.05, 0.1) is 6.61 Å². The van der Waals surface area contributed by atoms with Gasteiger partial charge in [-0.25, -0.2) is 0 Å². The molecule has 0 spiro atoms. The van der Waals surface area contributed by atoms with Crippen LogP contribution >= 0.6 is 0 Å². The zero-order chi connectivity index (χ0) is 12.1. The molecule has 0 unspecified atom stereocenters. The maximum atomic E-state index is 9.21. The van der Waals surface area contributed by atoms with E-state index >= 15 is 0 Å². The second kappa shape index (κ2) is 5.32. The Morgan fingerprint density at radius 3 is 1.88 bits per heavy atom. The maximum absolute atomic E-state index is 9.21. The predicted octanol–water partition coefficient (Wildman–Crippen LogP) is 3.06. The molecule has 2 nitrogen and oxygen atoms in total. The van der Waals surface area contributed by atoms with E-state index in [-0.39, 0.29) is 12.4 Å². The molecule has 2 aromatic rings. The number of phenolic OH excluding ortho intramolecular Hbond substituents is 1. The summed E-state index contributed by atoms with van der Waals surface area (Å²) in [5, 5.41) is 17.9. The van der Waals surface area contributed by atoms with E-state index in [9.17, 15) is 5.11 Å². The van der Waals surface area contributed by atoms with Gasteiger partial charge in [0.1, 0.15) is 5.75 Å². The van der Waals surface area contributed by atoms with Crippen LogP contribution in [0.3, 0.4) is 0 Å². The van der Waals surface area contributed by atoms with Crippen molar-refractivity contribution in [1.82, 2.24) is 0 Å². The molecule has 0 saturated carbocycles. The molecule has 0 aliphatic carbocycles. The van der Waals surface area contributed by atoms with Crippen LogP contribution in [-0.2, 0) is 0 Å². The molecule has 0 atom stereocenters. The van der Waals surface area contributed by atoms with Crippen molar-refractivity contribution in [2.75, 3.05) is 6.61 Å². The topological polar surface area (TPSA) is 40.5 Å². The minimum absolute atomic E-state index is 0.0553. The Bertz CT molecular complexity index is 495. The largest absolute Gasteiger partial charge is 0.508 e. The third kappa shape index (κ3) is 2.95. The standard InChI is InChI=1S/C15H14O2/c16-11-1-2-12-3-5-13(6-4-12)14-7-9-15(17)10-8-14/h1-10,16-17H,11H2/b2-1+. The summed E-state index contributed by atoms with van der Waals surface area (Å²) in [6.07, 6.45) is 3.58. The summed E-state index contributed by atoms with van der Waals surface area (Å²) in [5.74, 6) is 0.274. The van der Waals surface area contributed by atoms with Crippen LogP contribution in [0.25, 0.3) is 17.2 Å². The summed E-state index contributed by atoms with van der Waals surface area (Å²) >= 11 is 0. The lowest BCUT2D eigenvalue weighted by molar-refractivity contribution is 0.343. The number of hydrogen-bond acceptors (Lipinski definition) is 2. The first kappa shape index (κ1) is 11.4. The molecule has 17 heavy (non-hydrogen) atoms. The second-order valence-corrected chi connectivity index (χ2v) is 3.75. The summed E-state index contributed by atoms with van der Waals surface area (Å²) in [6, 6.07) is 15.1. The minimum atomic E-state index is 0.0553. The zero-order valence-corrected chi connectivity index (χ0v) is 9.38. The van der Waals surface area contributed by atoms with Crippen LogP contribution in [0.1, 0.15) is 5.56 Å². The van der Waals surface area contributed by atoms with Gasteiger partial charge >= 0.3 is 0 Å².